The molecule has 3 aromatic rings. The van der Waals surface area contributed by atoms with Gasteiger partial charge < -0.3 is 16.0 Å². The Labute approximate surface area is 179 Å². The van der Waals surface area contributed by atoms with Gasteiger partial charge in [-0.1, -0.05) is 36.4 Å². The molecule has 1 aliphatic heterocycles. The predicted octanol–water partition coefficient (Wildman–Crippen LogP) is 3.00. The van der Waals surface area contributed by atoms with Crippen molar-refractivity contribution in [3.05, 3.63) is 52.2 Å². The third-order valence-electron chi connectivity index (χ3n) is 5.86. The van der Waals surface area contributed by atoms with E-state index in [-0.39, 0.29) is 11.9 Å². The van der Waals surface area contributed by atoms with Crippen LogP contribution in [0.2, 0.25) is 0 Å². The van der Waals surface area contributed by atoms with Crippen molar-refractivity contribution in [1.29, 1.82) is 0 Å². The van der Waals surface area contributed by atoms with Gasteiger partial charge in [0.1, 0.15) is 16.7 Å². The van der Waals surface area contributed by atoms with Crippen molar-refractivity contribution in [3.63, 3.8) is 0 Å². The van der Waals surface area contributed by atoms with Gasteiger partial charge in [-0.15, -0.1) is 11.3 Å². The Bertz CT molecular complexity index is 1110. The smallest absolute Gasteiger partial charge is 0.236 e. The molecule has 0 saturated carbocycles. The number of nitrogens with one attached hydrogen (secondary N) is 1. The number of rotatable bonds is 4. The summed E-state index contributed by atoms with van der Waals surface area (Å²) in [6, 6.07) is 9.82. The highest BCUT2D eigenvalue weighted by Crippen LogP contribution is 2.40. The summed E-state index contributed by atoms with van der Waals surface area (Å²) < 4.78 is 0. The quantitative estimate of drug-likeness (QED) is 0.679. The van der Waals surface area contributed by atoms with Crippen LogP contribution in [0.3, 0.4) is 0 Å². The van der Waals surface area contributed by atoms with Crippen molar-refractivity contribution in [2.75, 3.05) is 24.5 Å². The molecule has 5 rings (SSSR count). The van der Waals surface area contributed by atoms with Gasteiger partial charge in [-0.2, -0.15) is 0 Å². The zero-order valence-corrected chi connectivity index (χ0v) is 17.6. The number of piperazine rings is 1. The van der Waals surface area contributed by atoms with Crippen LogP contribution in [-0.2, 0) is 17.6 Å². The topological polar surface area (TPSA) is 84.1 Å². The fourth-order valence-corrected chi connectivity index (χ4v) is 5.59. The van der Waals surface area contributed by atoms with Gasteiger partial charge in [-0.25, -0.2) is 9.97 Å². The van der Waals surface area contributed by atoms with E-state index in [0.29, 0.717) is 18.9 Å². The molecular weight excluding hydrogens is 394 g/mol. The molecule has 2 aliphatic rings. The molecule has 1 aromatic carbocycles. The van der Waals surface area contributed by atoms with Gasteiger partial charge in [0.25, 0.3) is 0 Å². The average molecular weight is 420 g/mol. The number of amides is 1. The summed E-state index contributed by atoms with van der Waals surface area (Å²) in [5.41, 5.74) is 8.10. The number of hydrogen-bond acceptors (Lipinski definition) is 6. The van der Waals surface area contributed by atoms with Crippen molar-refractivity contribution in [1.82, 2.24) is 15.3 Å². The van der Waals surface area contributed by atoms with Crippen LogP contribution < -0.4 is 16.0 Å². The molecule has 1 fully saturated rings. The summed E-state index contributed by atoms with van der Waals surface area (Å²) >= 11 is 1.80. The van der Waals surface area contributed by atoms with E-state index in [1.165, 1.54) is 28.7 Å². The van der Waals surface area contributed by atoms with Crippen LogP contribution in [0.4, 0.5) is 5.82 Å². The van der Waals surface area contributed by atoms with Crippen molar-refractivity contribution in [2.24, 2.45) is 5.73 Å². The normalized spacial score (nSPS) is 19.3. The highest BCUT2D eigenvalue weighted by atomic mass is 32.1. The number of hydrogen-bond donors (Lipinski definition) is 2. The Balaban J connectivity index is 1.60. The summed E-state index contributed by atoms with van der Waals surface area (Å²) in [6.07, 6.45) is 8.67. The fourth-order valence-electron chi connectivity index (χ4n) is 4.33. The molecule has 1 saturated heterocycles. The lowest BCUT2D eigenvalue weighted by atomic mass is 9.96. The van der Waals surface area contributed by atoms with Crippen molar-refractivity contribution < 1.29 is 4.79 Å². The van der Waals surface area contributed by atoms with E-state index < -0.39 is 0 Å². The van der Waals surface area contributed by atoms with Crippen LogP contribution in [-0.4, -0.2) is 41.6 Å². The van der Waals surface area contributed by atoms with Crippen LogP contribution >= 0.6 is 11.3 Å². The van der Waals surface area contributed by atoms with Crippen molar-refractivity contribution in [3.8, 4) is 0 Å². The van der Waals surface area contributed by atoms with Crippen LogP contribution in [0.1, 0.15) is 34.7 Å². The van der Waals surface area contributed by atoms with Gasteiger partial charge in [0.15, 0.2) is 5.82 Å². The first-order valence-electron chi connectivity index (χ1n) is 10.5. The molecule has 6 nitrogen and oxygen atoms in total. The van der Waals surface area contributed by atoms with Crippen LogP contribution in [0, 0.1) is 0 Å². The SMILES string of the molecule is NC(=O)C1CN(c2nc(/C=C/c3ccccc3)nc3sc4c(c23)CCCC4)CCN1. The standard InChI is InChI=1S/C23H25N5OS/c24-21(29)17-14-28(13-12-25-17)22-20-16-8-4-5-9-18(16)30-23(20)27-19(26-22)11-10-15-6-2-1-3-7-15/h1-3,6-7,10-11,17,25H,4-5,8-9,12-14H2,(H2,24,29)/b11-10+. The molecule has 0 radical (unpaired) electrons. The van der Waals surface area contributed by atoms with E-state index in [9.17, 15) is 4.79 Å². The highest BCUT2D eigenvalue weighted by Gasteiger charge is 2.28. The van der Waals surface area contributed by atoms with Crippen LogP contribution in [0.25, 0.3) is 22.4 Å². The highest BCUT2D eigenvalue weighted by molar-refractivity contribution is 7.19. The number of aryl methyl sites for hydroxylation is 2. The summed E-state index contributed by atoms with van der Waals surface area (Å²) in [4.78, 5) is 26.4. The number of nitrogens with zero attached hydrogens (tertiary/aromatic N) is 3. The van der Waals surface area contributed by atoms with Gasteiger partial charge >= 0.3 is 0 Å². The number of thiophene rings is 1. The van der Waals surface area contributed by atoms with E-state index in [2.05, 4.69) is 22.3 Å². The molecule has 154 valence electrons. The second-order valence-electron chi connectivity index (χ2n) is 7.90. The van der Waals surface area contributed by atoms with E-state index in [1.54, 1.807) is 11.3 Å². The zero-order chi connectivity index (χ0) is 20.5. The zero-order valence-electron chi connectivity index (χ0n) is 16.8. The number of primary amides is 1. The molecule has 7 heteroatoms. The van der Waals surface area contributed by atoms with Gasteiger partial charge in [-0.05, 0) is 42.9 Å². The average Bonchev–Trinajstić information content (AvgIpc) is 3.16. The Hall–Kier alpha value is -2.77. The largest absolute Gasteiger partial charge is 0.368 e. The number of carbonyl (C=O) groups excluding carboxylic acids is 1. The molecule has 1 unspecified atom stereocenters. The minimum absolute atomic E-state index is 0.318. The third kappa shape index (κ3) is 3.70. The summed E-state index contributed by atoms with van der Waals surface area (Å²) in [7, 11) is 0. The summed E-state index contributed by atoms with van der Waals surface area (Å²) in [5.74, 6) is 1.33. The fraction of sp³-hybridized carbons (Fsp3) is 0.348. The van der Waals surface area contributed by atoms with Gasteiger partial charge in [-0.3, -0.25) is 4.79 Å². The number of fused-ring (bicyclic) bond motifs is 3. The number of carbonyl (C=O) groups is 1. The maximum atomic E-state index is 11.8. The molecule has 1 aliphatic carbocycles. The molecule has 0 spiro atoms. The Morgan fingerprint density at radius 2 is 2.00 bits per heavy atom. The Kier molecular flexibility index (Phi) is 5.23. The van der Waals surface area contributed by atoms with Gasteiger partial charge in [0, 0.05) is 24.5 Å². The lowest BCUT2D eigenvalue weighted by molar-refractivity contribution is -0.120. The minimum atomic E-state index is -0.360. The van der Waals surface area contributed by atoms with Gasteiger partial charge in [0.05, 0.1) is 5.39 Å². The number of aromatic nitrogens is 2. The molecule has 1 amide bonds. The van der Waals surface area contributed by atoms with Crippen LogP contribution in [0.15, 0.2) is 30.3 Å². The van der Waals surface area contributed by atoms with E-state index in [1.807, 2.05) is 30.4 Å². The first-order chi connectivity index (χ1) is 14.7. The van der Waals surface area contributed by atoms with E-state index in [0.717, 1.165) is 35.6 Å². The van der Waals surface area contributed by atoms with E-state index in [4.69, 9.17) is 15.7 Å². The number of nitrogens with two attached hydrogens (primary N) is 1. The second kappa shape index (κ2) is 8.16. The number of benzene rings is 1. The maximum Gasteiger partial charge on any atom is 0.236 e. The van der Waals surface area contributed by atoms with Crippen molar-refractivity contribution >= 4 is 45.4 Å². The molecule has 0 bridgehead atoms. The van der Waals surface area contributed by atoms with Crippen LogP contribution in [0.5, 0.6) is 0 Å². The molecule has 3 N–H and O–H groups in total. The minimum Gasteiger partial charge on any atom is -0.368 e. The monoisotopic (exact) mass is 419 g/mol. The molecule has 2 aromatic heterocycles. The number of anilines is 1. The Morgan fingerprint density at radius 3 is 2.83 bits per heavy atom. The van der Waals surface area contributed by atoms with E-state index >= 15 is 0 Å². The van der Waals surface area contributed by atoms with Gasteiger partial charge in [0.2, 0.25) is 5.91 Å². The van der Waals surface area contributed by atoms with Crippen molar-refractivity contribution in [2.45, 2.75) is 31.7 Å². The first kappa shape index (κ1) is 19.2. The lowest BCUT2D eigenvalue weighted by Crippen LogP contribution is -2.56. The molecule has 30 heavy (non-hydrogen) atoms. The summed E-state index contributed by atoms with van der Waals surface area (Å²) in [6.45, 7) is 2.04. The third-order valence-corrected chi connectivity index (χ3v) is 7.04. The first-order valence-corrected chi connectivity index (χ1v) is 11.3. The Morgan fingerprint density at radius 1 is 1.17 bits per heavy atom. The molecular formula is C23H25N5OS. The lowest BCUT2D eigenvalue weighted by Gasteiger charge is -2.33. The molecule has 3 heterocycles. The second-order valence-corrected chi connectivity index (χ2v) is 8.98. The molecule has 1 atom stereocenters. The summed E-state index contributed by atoms with van der Waals surface area (Å²) in [5, 5.41) is 4.39. The maximum absolute atomic E-state index is 11.8. The predicted molar refractivity (Wildman–Crippen MR) is 123 cm³/mol.